The predicted octanol–water partition coefficient (Wildman–Crippen LogP) is 4.19. The summed E-state index contributed by atoms with van der Waals surface area (Å²) in [4.78, 5) is 43.7. The fraction of sp³-hybridized carbons (Fsp3) is 0.147. The van der Waals surface area contributed by atoms with Crippen molar-refractivity contribution in [3.05, 3.63) is 127 Å². The molecule has 1 aliphatic rings. The van der Waals surface area contributed by atoms with Crippen LogP contribution < -0.4 is 24.4 Å². The fourth-order valence-corrected chi connectivity index (χ4v) is 6.25. The molecule has 11 heteroatoms. The maximum atomic E-state index is 14.2. The fourth-order valence-electron chi connectivity index (χ4n) is 5.21. The van der Waals surface area contributed by atoms with Crippen LogP contribution in [-0.4, -0.2) is 40.5 Å². The Labute approximate surface area is 261 Å². The highest BCUT2D eigenvalue weighted by molar-refractivity contribution is 7.07. The van der Waals surface area contributed by atoms with E-state index in [-0.39, 0.29) is 11.1 Å². The molecule has 0 fully saturated rings. The number of hydrogen-bond acceptors (Lipinski definition) is 9. The summed E-state index contributed by atoms with van der Waals surface area (Å²) in [5.41, 5.74) is 4.10. The maximum Gasteiger partial charge on any atom is 0.338 e. The number of nitrogens with zero attached hydrogens (tertiary/aromatic N) is 4. The molecule has 2 aromatic heterocycles. The van der Waals surface area contributed by atoms with Crippen LogP contribution >= 0.6 is 11.3 Å². The van der Waals surface area contributed by atoms with Gasteiger partial charge in [0.1, 0.15) is 17.2 Å². The van der Waals surface area contributed by atoms with Gasteiger partial charge in [0.25, 0.3) is 5.56 Å². The Morgan fingerprint density at radius 1 is 0.933 bits per heavy atom. The van der Waals surface area contributed by atoms with Crippen LogP contribution in [0, 0.1) is 0 Å². The Kier molecular flexibility index (Phi) is 8.01. The minimum atomic E-state index is -0.810. The zero-order valence-electron chi connectivity index (χ0n) is 24.9. The van der Waals surface area contributed by atoms with Gasteiger partial charge in [-0.2, -0.15) is 5.10 Å². The lowest BCUT2D eigenvalue weighted by molar-refractivity contribution is -0.136. The van der Waals surface area contributed by atoms with Gasteiger partial charge in [-0.15, -0.1) is 0 Å². The molecule has 0 N–H and O–H groups in total. The van der Waals surface area contributed by atoms with Crippen molar-refractivity contribution in [3.8, 4) is 28.4 Å². The highest BCUT2D eigenvalue weighted by atomic mass is 32.1. The van der Waals surface area contributed by atoms with Crippen molar-refractivity contribution >= 4 is 29.4 Å². The van der Waals surface area contributed by atoms with Gasteiger partial charge in [0.15, 0.2) is 4.80 Å². The first-order valence-corrected chi connectivity index (χ1v) is 14.8. The Bertz CT molecular complexity index is 2130. The third-order valence-electron chi connectivity index (χ3n) is 7.30. The van der Waals surface area contributed by atoms with Crippen molar-refractivity contribution in [3.63, 3.8) is 0 Å². The Balaban J connectivity index is 1.53. The highest BCUT2D eigenvalue weighted by Crippen LogP contribution is 2.32. The van der Waals surface area contributed by atoms with Gasteiger partial charge in [0, 0.05) is 24.2 Å². The third kappa shape index (κ3) is 5.73. The van der Waals surface area contributed by atoms with E-state index in [2.05, 4.69) is 4.99 Å². The van der Waals surface area contributed by atoms with Crippen molar-refractivity contribution < 1.29 is 23.8 Å². The van der Waals surface area contributed by atoms with Gasteiger partial charge in [-0.05, 0) is 67.1 Å². The van der Waals surface area contributed by atoms with E-state index >= 15 is 0 Å². The molecule has 0 saturated carbocycles. The second-order valence-electron chi connectivity index (χ2n) is 10.2. The summed E-state index contributed by atoms with van der Waals surface area (Å²) in [5.74, 6) is 0.0195. The van der Waals surface area contributed by atoms with E-state index in [0.29, 0.717) is 37.8 Å². The van der Waals surface area contributed by atoms with Gasteiger partial charge in [-0.25, -0.2) is 14.5 Å². The lowest BCUT2D eigenvalue weighted by Crippen LogP contribution is -2.39. The summed E-state index contributed by atoms with van der Waals surface area (Å²) in [7, 11) is 2.90. The zero-order valence-corrected chi connectivity index (χ0v) is 25.7. The summed E-state index contributed by atoms with van der Waals surface area (Å²) >= 11 is 1.22. The summed E-state index contributed by atoms with van der Waals surface area (Å²) in [6.45, 7) is 3.03. The Morgan fingerprint density at radius 2 is 1.62 bits per heavy atom. The van der Waals surface area contributed by atoms with Crippen molar-refractivity contribution in [1.29, 1.82) is 0 Å². The average Bonchev–Trinajstić information content (AvgIpc) is 3.61. The monoisotopic (exact) mass is 620 g/mol. The Morgan fingerprint density at radius 3 is 2.27 bits per heavy atom. The molecule has 5 aromatic rings. The van der Waals surface area contributed by atoms with Crippen LogP contribution in [0.5, 0.6) is 11.5 Å². The number of allylic oxidation sites excluding steroid dienone is 1. The SMILES string of the molecule is COC(=O)C1=C(C)N=c2s/c(=C/c3cn(-c4ccccc4)nc3-c3ccc(OC)cc3)c(=O)n2[C@H]1c1ccc(OC(C)=O)cc1. The molecule has 6 rings (SSSR count). The first kappa shape index (κ1) is 29.5. The van der Waals surface area contributed by atoms with Crippen LogP contribution in [0.1, 0.15) is 31.0 Å². The van der Waals surface area contributed by atoms with Crippen molar-refractivity contribution in [2.75, 3.05) is 14.2 Å². The van der Waals surface area contributed by atoms with Crippen LogP contribution in [0.3, 0.4) is 0 Å². The number of carbonyl (C=O) groups is 2. The number of methoxy groups -OCH3 is 2. The van der Waals surface area contributed by atoms with Gasteiger partial charge in [-0.1, -0.05) is 41.7 Å². The molecule has 3 heterocycles. The number of esters is 2. The van der Waals surface area contributed by atoms with Crippen LogP contribution in [-0.2, 0) is 14.3 Å². The van der Waals surface area contributed by atoms with Gasteiger partial charge >= 0.3 is 11.9 Å². The lowest BCUT2D eigenvalue weighted by atomic mass is 9.96. The van der Waals surface area contributed by atoms with Gasteiger partial charge < -0.3 is 14.2 Å². The molecule has 1 aliphatic heterocycles. The number of para-hydroxylation sites is 1. The first-order valence-electron chi connectivity index (χ1n) is 14.0. The minimum absolute atomic E-state index is 0.243. The summed E-state index contributed by atoms with van der Waals surface area (Å²) in [5, 5.41) is 4.88. The number of rotatable bonds is 7. The molecule has 0 aliphatic carbocycles. The maximum absolute atomic E-state index is 14.2. The number of ether oxygens (including phenoxy) is 3. The molecule has 45 heavy (non-hydrogen) atoms. The molecule has 10 nitrogen and oxygen atoms in total. The molecular weight excluding hydrogens is 592 g/mol. The smallest absolute Gasteiger partial charge is 0.338 e. The molecule has 0 unspecified atom stereocenters. The summed E-state index contributed by atoms with van der Waals surface area (Å²) in [6, 6.07) is 23.1. The average molecular weight is 621 g/mol. The summed E-state index contributed by atoms with van der Waals surface area (Å²) in [6.07, 6.45) is 3.68. The first-order chi connectivity index (χ1) is 21.8. The van der Waals surface area contributed by atoms with Crippen molar-refractivity contribution in [1.82, 2.24) is 14.3 Å². The van der Waals surface area contributed by atoms with E-state index in [4.69, 9.17) is 19.3 Å². The number of fused-ring (bicyclic) bond motifs is 1. The Hall–Kier alpha value is -5.55. The van der Waals surface area contributed by atoms with Crippen LogP contribution in [0.15, 0.2) is 106 Å². The lowest BCUT2D eigenvalue weighted by Gasteiger charge is -2.24. The zero-order chi connectivity index (χ0) is 31.7. The molecular formula is C34H28N4O6S. The second kappa shape index (κ2) is 12.2. The van der Waals surface area contributed by atoms with E-state index in [9.17, 15) is 14.4 Å². The molecule has 0 saturated heterocycles. The van der Waals surface area contributed by atoms with Crippen molar-refractivity contribution in [2.45, 2.75) is 19.9 Å². The third-order valence-corrected chi connectivity index (χ3v) is 8.28. The number of hydrogen-bond donors (Lipinski definition) is 0. The molecule has 0 amide bonds. The van der Waals surface area contributed by atoms with Crippen LogP contribution in [0.25, 0.3) is 23.0 Å². The van der Waals surface area contributed by atoms with Gasteiger partial charge in [0.2, 0.25) is 0 Å². The van der Waals surface area contributed by atoms with E-state index < -0.39 is 18.0 Å². The van der Waals surface area contributed by atoms with Crippen LogP contribution in [0.4, 0.5) is 0 Å². The largest absolute Gasteiger partial charge is 0.497 e. The molecule has 0 spiro atoms. The molecule has 0 bridgehead atoms. The number of carbonyl (C=O) groups excluding carboxylic acids is 2. The van der Waals surface area contributed by atoms with Crippen molar-refractivity contribution in [2.24, 2.45) is 4.99 Å². The molecule has 1 atom stereocenters. The van der Waals surface area contributed by atoms with E-state index in [0.717, 1.165) is 16.8 Å². The van der Waals surface area contributed by atoms with E-state index in [1.54, 1.807) is 49.1 Å². The number of aromatic nitrogens is 3. The van der Waals surface area contributed by atoms with E-state index in [1.165, 1.54) is 29.9 Å². The second-order valence-corrected chi connectivity index (χ2v) is 11.2. The topological polar surface area (TPSA) is 114 Å². The van der Waals surface area contributed by atoms with Crippen LogP contribution in [0.2, 0.25) is 0 Å². The predicted molar refractivity (Wildman–Crippen MR) is 169 cm³/mol. The minimum Gasteiger partial charge on any atom is -0.497 e. The van der Waals surface area contributed by atoms with E-state index in [1.807, 2.05) is 60.8 Å². The highest BCUT2D eigenvalue weighted by Gasteiger charge is 2.33. The molecule has 0 radical (unpaired) electrons. The standard InChI is InChI=1S/C34H28N4O6S/c1-20-29(33(41)43-4)31(23-12-16-27(17-13-23)44-21(2)39)38-32(40)28(45-34(38)35-20)18-24-19-37(25-8-6-5-7-9-25)36-30(24)22-10-14-26(42-3)15-11-22/h5-19,31H,1-4H3/b28-18+/t31-/m0/s1. The van der Waals surface area contributed by atoms with Gasteiger partial charge in [-0.3, -0.25) is 14.2 Å². The molecule has 3 aromatic carbocycles. The quantitative estimate of drug-likeness (QED) is 0.198. The number of thiazole rings is 1. The molecule has 226 valence electrons. The summed E-state index contributed by atoms with van der Waals surface area (Å²) < 4.78 is 19.3. The number of benzene rings is 3. The normalized spacial score (nSPS) is 14.5. The van der Waals surface area contributed by atoms with Gasteiger partial charge in [0.05, 0.1) is 41.8 Å².